The van der Waals surface area contributed by atoms with Crippen LogP contribution in [0.3, 0.4) is 0 Å². The van der Waals surface area contributed by atoms with Crippen LogP contribution in [0.2, 0.25) is 0 Å². The molecule has 1 aromatic carbocycles. The van der Waals surface area contributed by atoms with Gasteiger partial charge < -0.3 is 14.5 Å². The van der Waals surface area contributed by atoms with Crippen molar-refractivity contribution >= 4 is 11.9 Å². The molecule has 0 unspecified atom stereocenters. The Bertz CT molecular complexity index is 483. The number of nitrogens with one attached hydrogen (secondary N) is 2. The summed E-state index contributed by atoms with van der Waals surface area (Å²) in [7, 11) is 2.02. The summed E-state index contributed by atoms with van der Waals surface area (Å²) in [5.41, 5.74) is 0.0707. The van der Waals surface area contributed by atoms with E-state index in [0.717, 1.165) is 13.1 Å². The zero-order valence-electron chi connectivity index (χ0n) is 10.8. The van der Waals surface area contributed by atoms with Gasteiger partial charge in [0, 0.05) is 26.2 Å². The van der Waals surface area contributed by atoms with E-state index in [1.54, 1.807) is 17.0 Å². The van der Waals surface area contributed by atoms with Gasteiger partial charge in [-0.2, -0.15) is 0 Å². The molecule has 1 fully saturated rings. The largest absolute Gasteiger partial charge is 0.407 e. The molecule has 2 N–H and O–H groups in total. The molecule has 0 saturated carbocycles. The molecule has 0 amide bonds. The fourth-order valence-corrected chi connectivity index (χ4v) is 1.87. The van der Waals surface area contributed by atoms with Crippen LogP contribution >= 0.6 is 0 Å². The number of amidine groups is 1. The van der Waals surface area contributed by atoms with E-state index in [-0.39, 0.29) is 17.5 Å². The molecular weight excluding hydrogens is 247 g/mol. The Hall–Kier alpha value is -1.95. The number of ether oxygens (including phenoxy) is 1. The van der Waals surface area contributed by atoms with Crippen molar-refractivity contribution < 1.29 is 9.13 Å². The van der Waals surface area contributed by atoms with Gasteiger partial charge in [0.25, 0.3) is 6.02 Å². The maximum atomic E-state index is 13.5. The van der Waals surface area contributed by atoms with Crippen molar-refractivity contribution in [2.45, 2.75) is 0 Å². The molecule has 5 nitrogen and oxygen atoms in total. The topological polar surface area (TPSA) is 63.4 Å². The highest BCUT2D eigenvalue weighted by atomic mass is 19.1. The van der Waals surface area contributed by atoms with Gasteiger partial charge in [-0.3, -0.25) is 10.8 Å². The summed E-state index contributed by atoms with van der Waals surface area (Å²) < 4.78 is 18.6. The van der Waals surface area contributed by atoms with Gasteiger partial charge in [0.15, 0.2) is 0 Å². The molecule has 19 heavy (non-hydrogen) atoms. The molecule has 1 aromatic rings. The summed E-state index contributed by atoms with van der Waals surface area (Å²) >= 11 is 0. The zero-order chi connectivity index (χ0) is 13.8. The highest BCUT2D eigenvalue weighted by molar-refractivity contribution is 5.98. The maximum Gasteiger partial charge on any atom is 0.291 e. The van der Waals surface area contributed by atoms with Gasteiger partial charge in [-0.1, -0.05) is 12.1 Å². The number of likely N-dealkylation sites (N-methyl/N-ethyl adjacent to an activating group) is 1. The lowest BCUT2D eigenvalue weighted by Gasteiger charge is -2.33. The van der Waals surface area contributed by atoms with Crippen molar-refractivity contribution in [1.82, 2.24) is 9.80 Å². The summed E-state index contributed by atoms with van der Waals surface area (Å²) in [4.78, 5) is 3.90. The molecule has 0 atom stereocenters. The van der Waals surface area contributed by atoms with Crippen LogP contribution in [-0.2, 0) is 4.74 Å². The number of piperazine rings is 1. The van der Waals surface area contributed by atoms with Gasteiger partial charge in [-0.05, 0) is 19.2 Å². The van der Waals surface area contributed by atoms with Crippen LogP contribution in [0.5, 0.6) is 0 Å². The van der Waals surface area contributed by atoms with Crippen LogP contribution in [0, 0.1) is 16.6 Å². The number of hydrogen-bond acceptors (Lipinski definition) is 4. The molecule has 0 aromatic heterocycles. The monoisotopic (exact) mass is 264 g/mol. The van der Waals surface area contributed by atoms with Crippen LogP contribution in [0.1, 0.15) is 5.56 Å². The van der Waals surface area contributed by atoms with Crippen molar-refractivity contribution in [3.63, 3.8) is 0 Å². The minimum atomic E-state index is -0.515. The molecule has 0 bridgehead atoms. The number of halogens is 1. The van der Waals surface area contributed by atoms with Gasteiger partial charge >= 0.3 is 0 Å². The van der Waals surface area contributed by atoms with Crippen LogP contribution in [0.15, 0.2) is 24.3 Å². The number of hydrogen-bond donors (Lipinski definition) is 2. The summed E-state index contributed by atoms with van der Waals surface area (Å²) in [6, 6.07) is 5.83. The van der Waals surface area contributed by atoms with Gasteiger partial charge in [0.2, 0.25) is 5.90 Å². The molecule has 0 aliphatic carbocycles. The third-order valence-electron chi connectivity index (χ3n) is 3.11. The highest BCUT2D eigenvalue weighted by Crippen LogP contribution is 2.09. The van der Waals surface area contributed by atoms with E-state index >= 15 is 0 Å². The molecule has 1 aliphatic rings. The summed E-state index contributed by atoms with van der Waals surface area (Å²) in [5, 5.41) is 15.5. The van der Waals surface area contributed by atoms with Gasteiger partial charge in [0.1, 0.15) is 5.82 Å². The average Bonchev–Trinajstić information content (AvgIpc) is 2.39. The van der Waals surface area contributed by atoms with Crippen LogP contribution in [0.4, 0.5) is 4.39 Å². The molecule has 1 heterocycles. The predicted molar refractivity (Wildman–Crippen MR) is 71.1 cm³/mol. The Morgan fingerprint density at radius 2 is 1.79 bits per heavy atom. The number of benzene rings is 1. The summed E-state index contributed by atoms with van der Waals surface area (Å²) in [5.74, 6) is -0.847. The Labute approximate surface area is 111 Å². The van der Waals surface area contributed by atoms with E-state index in [4.69, 9.17) is 15.6 Å². The lowest BCUT2D eigenvalue weighted by atomic mass is 10.2. The summed E-state index contributed by atoms with van der Waals surface area (Å²) in [6.45, 7) is 3.05. The summed E-state index contributed by atoms with van der Waals surface area (Å²) in [6.07, 6.45) is 0. The van der Waals surface area contributed by atoms with E-state index in [0.29, 0.717) is 13.1 Å². The molecule has 0 radical (unpaired) electrons. The second-order valence-corrected chi connectivity index (χ2v) is 4.51. The minimum Gasteiger partial charge on any atom is -0.407 e. The van der Waals surface area contributed by atoms with Crippen molar-refractivity contribution in [3.8, 4) is 0 Å². The lowest BCUT2D eigenvalue weighted by molar-refractivity contribution is 0.193. The Morgan fingerprint density at radius 3 is 2.42 bits per heavy atom. The van der Waals surface area contributed by atoms with Crippen molar-refractivity contribution in [2.24, 2.45) is 0 Å². The third-order valence-corrected chi connectivity index (χ3v) is 3.11. The van der Waals surface area contributed by atoms with E-state index < -0.39 is 5.82 Å². The molecular formula is C13H17FN4O. The first-order valence-corrected chi connectivity index (χ1v) is 6.11. The first-order valence-electron chi connectivity index (χ1n) is 6.11. The number of rotatable bonds is 1. The second kappa shape index (κ2) is 5.79. The molecule has 102 valence electrons. The van der Waals surface area contributed by atoms with E-state index in [1.807, 2.05) is 7.05 Å². The SMILES string of the molecule is CN1CCN(C(=N)OC(=N)c2ccccc2F)CC1. The first kappa shape index (κ1) is 13.5. The lowest BCUT2D eigenvalue weighted by Crippen LogP contribution is -2.48. The molecule has 6 heteroatoms. The molecule has 1 saturated heterocycles. The van der Waals surface area contributed by atoms with Gasteiger partial charge in [-0.15, -0.1) is 0 Å². The van der Waals surface area contributed by atoms with E-state index in [1.165, 1.54) is 12.1 Å². The second-order valence-electron chi connectivity index (χ2n) is 4.51. The highest BCUT2D eigenvalue weighted by Gasteiger charge is 2.20. The maximum absolute atomic E-state index is 13.5. The standard InChI is InChI=1S/C13H17FN4O/c1-17-6-8-18(9-7-17)13(16)19-12(15)10-4-2-3-5-11(10)14/h2-5,15-16H,6-9H2,1H3. The first-order chi connectivity index (χ1) is 9.08. The molecule has 0 spiro atoms. The van der Waals surface area contributed by atoms with Crippen molar-refractivity contribution in [2.75, 3.05) is 33.2 Å². The fraction of sp³-hybridized carbons (Fsp3) is 0.385. The number of nitrogens with zero attached hydrogens (tertiary/aromatic N) is 2. The predicted octanol–water partition coefficient (Wildman–Crippen LogP) is 1.35. The van der Waals surface area contributed by atoms with Gasteiger partial charge in [-0.25, -0.2) is 4.39 Å². The zero-order valence-corrected chi connectivity index (χ0v) is 10.8. The smallest absolute Gasteiger partial charge is 0.291 e. The third kappa shape index (κ3) is 3.29. The Kier molecular flexibility index (Phi) is 4.11. The quantitative estimate of drug-likeness (QED) is 0.594. The van der Waals surface area contributed by atoms with E-state index in [2.05, 4.69) is 4.90 Å². The van der Waals surface area contributed by atoms with Crippen LogP contribution in [0.25, 0.3) is 0 Å². The van der Waals surface area contributed by atoms with Crippen molar-refractivity contribution in [3.05, 3.63) is 35.6 Å². The minimum absolute atomic E-state index is 0.0707. The Morgan fingerprint density at radius 1 is 1.16 bits per heavy atom. The van der Waals surface area contributed by atoms with Crippen molar-refractivity contribution in [1.29, 1.82) is 10.8 Å². The average molecular weight is 264 g/mol. The fourth-order valence-electron chi connectivity index (χ4n) is 1.87. The Balaban J connectivity index is 1.96. The van der Waals surface area contributed by atoms with Crippen LogP contribution < -0.4 is 0 Å². The van der Waals surface area contributed by atoms with E-state index in [9.17, 15) is 4.39 Å². The molecule has 2 rings (SSSR count). The molecule has 1 aliphatic heterocycles. The van der Waals surface area contributed by atoms with Gasteiger partial charge in [0.05, 0.1) is 5.56 Å². The van der Waals surface area contributed by atoms with Crippen LogP contribution in [-0.4, -0.2) is 54.9 Å². The normalized spacial score (nSPS) is 16.2.